The Morgan fingerprint density at radius 3 is 2.62 bits per heavy atom. The zero-order valence-electron chi connectivity index (χ0n) is 13.2. The number of aromatic nitrogens is 1. The lowest BCUT2D eigenvalue weighted by molar-refractivity contribution is 0.174. The number of benzene rings is 2. The molecular weight excluding hydrogens is 300 g/mol. The van der Waals surface area contributed by atoms with Gasteiger partial charge in [-0.2, -0.15) is 0 Å². The van der Waals surface area contributed by atoms with Crippen molar-refractivity contribution in [1.29, 1.82) is 0 Å². The number of fused-ring (bicyclic) bond motifs is 1. The molecule has 4 nitrogen and oxygen atoms in total. The largest absolute Gasteiger partial charge is 0.454 e. The zero-order valence-corrected chi connectivity index (χ0v) is 13.2. The lowest BCUT2D eigenvalue weighted by Gasteiger charge is -2.20. The molecule has 2 heterocycles. The fourth-order valence-corrected chi connectivity index (χ4v) is 2.89. The SMILES string of the molecule is c1ccc([C@@H](NCc2cccnc2)c2ccc3c(c2)OCO3)cc1. The maximum atomic E-state index is 5.53. The van der Waals surface area contributed by atoms with Crippen molar-refractivity contribution in [3.8, 4) is 11.5 Å². The molecule has 1 atom stereocenters. The van der Waals surface area contributed by atoms with E-state index in [2.05, 4.69) is 52.8 Å². The Labute approximate surface area is 141 Å². The Kier molecular flexibility index (Phi) is 4.13. The molecule has 120 valence electrons. The lowest BCUT2D eigenvalue weighted by atomic mass is 9.98. The Morgan fingerprint density at radius 1 is 0.917 bits per heavy atom. The summed E-state index contributed by atoms with van der Waals surface area (Å²) in [6.07, 6.45) is 3.67. The molecule has 0 bridgehead atoms. The third-order valence-corrected chi connectivity index (χ3v) is 4.10. The van der Waals surface area contributed by atoms with E-state index in [9.17, 15) is 0 Å². The minimum Gasteiger partial charge on any atom is -0.454 e. The van der Waals surface area contributed by atoms with Gasteiger partial charge in [-0.25, -0.2) is 0 Å². The summed E-state index contributed by atoms with van der Waals surface area (Å²) in [7, 11) is 0. The van der Waals surface area contributed by atoms with E-state index in [1.807, 2.05) is 24.4 Å². The second kappa shape index (κ2) is 6.72. The van der Waals surface area contributed by atoms with Crippen LogP contribution >= 0.6 is 0 Å². The summed E-state index contributed by atoms with van der Waals surface area (Å²) < 4.78 is 10.9. The van der Waals surface area contributed by atoms with Crippen LogP contribution in [-0.4, -0.2) is 11.8 Å². The second-order valence-electron chi connectivity index (χ2n) is 5.70. The molecule has 2 aromatic carbocycles. The van der Waals surface area contributed by atoms with Crippen molar-refractivity contribution in [3.05, 3.63) is 89.7 Å². The second-order valence-corrected chi connectivity index (χ2v) is 5.70. The first-order chi connectivity index (χ1) is 11.9. The number of hydrogen-bond acceptors (Lipinski definition) is 4. The van der Waals surface area contributed by atoms with E-state index in [1.165, 1.54) is 5.56 Å². The normalized spacial score (nSPS) is 13.7. The highest BCUT2D eigenvalue weighted by molar-refractivity contribution is 5.47. The van der Waals surface area contributed by atoms with Gasteiger partial charge in [-0.15, -0.1) is 0 Å². The van der Waals surface area contributed by atoms with Crippen molar-refractivity contribution in [2.75, 3.05) is 6.79 Å². The van der Waals surface area contributed by atoms with Gasteiger partial charge in [-0.05, 0) is 34.9 Å². The first kappa shape index (κ1) is 14.7. The predicted molar refractivity (Wildman–Crippen MR) is 91.9 cm³/mol. The zero-order chi connectivity index (χ0) is 16.2. The van der Waals surface area contributed by atoms with Crippen molar-refractivity contribution in [3.63, 3.8) is 0 Å². The molecule has 0 fully saturated rings. The quantitative estimate of drug-likeness (QED) is 0.779. The summed E-state index contributed by atoms with van der Waals surface area (Å²) in [6.45, 7) is 1.03. The average molecular weight is 318 g/mol. The van der Waals surface area contributed by atoms with Gasteiger partial charge < -0.3 is 14.8 Å². The van der Waals surface area contributed by atoms with Crippen LogP contribution in [0.5, 0.6) is 11.5 Å². The van der Waals surface area contributed by atoms with E-state index in [0.717, 1.165) is 29.2 Å². The van der Waals surface area contributed by atoms with Gasteiger partial charge in [0.1, 0.15) is 0 Å². The molecule has 0 amide bonds. The molecular formula is C20H18N2O2. The van der Waals surface area contributed by atoms with E-state index < -0.39 is 0 Å². The number of nitrogens with one attached hydrogen (secondary N) is 1. The van der Waals surface area contributed by atoms with Crippen molar-refractivity contribution in [1.82, 2.24) is 10.3 Å². The number of nitrogens with zero attached hydrogens (tertiary/aromatic N) is 1. The highest BCUT2D eigenvalue weighted by Crippen LogP contribution is 2.35. The van der Waals surface area contributed by atoms with E-state index in [1.54, 1.807) is 6.20 Å². The molecule has 0 aliphatic carbocycles. The van der Waals surface area contributed by atoms with Gasteiger partial charge in [-0.1, -0.05) is 42.5 Å². The van der Waals surface area contributed by atoms with Crippen LogP contribution in [0, 0.1) is 0 Å². The highest BCUT2D eigenvalue weighted by atomic mass is 16.7. The molecule has 1 aromatic heterocycles. The smallest absolute Gasteiger partial charge is 0.231 e. The summed E-state index contributed by atoms with van der Waals surface area (Å²) >= 11 is 0. The molecule has 1 aliphatic heterocycles. The third-order valence-electron chi connectivity index (χ3n) is 4.10. The molecule has 4 rings (SSSR count). The first-order valence-corrected chi connectivity index (χ1v) is 7.97. The Balaban J connectivity index is 1.63. The third kappa shape index (κ3) is 3.09. The van der Waals surface area contributed by atoms with Crippen LogP contribution in [0.25, 0.3) is 0 Å². The van der Waals surface area contributed by atoms with E-state index >= 15 is 0 Å². The minimum absolute atomic E-state index is 0.0703. The fourth-order valence-electron chi connectivity index (χ4n) is 2.89. The number of pyridine rings is 1. The van der Waals surface area contributed by atoms with Gasteiger partial charge in [0.05, 0.1) is 6.04 Å². The van der Waals surface area contributed by atoms with Gasteiger partial charge in [0.15, 0.2) is 11.5 Å². The molecule has 1 N–H and O–H groups in total. The number of rotatable bonds is 5. The molecule has 0 spiro atoms. The van der Waals surface area contributed by atoms with Crippen LogP contribution in [0.2, 0.25) is 0 Å². The molecule has 0 saturated heterocycles. The van der Waals surface area contributed by atoms with Gasteiger partial charge in [0.25, 0.3) is 0 Å². The molecule has 24 heavy (non-hydrogen) atoms. The van der Waals surface area contributed by atoms with Crippen LogP contribution < -0.4 is 14.8 Å². The summed E-state index contributed by atoms with van der Waals surface area (Å²) in [5.74, 6) is 1.61. The van der Waals surface area contributed by atoms with E-state index in [0.29, 0.717) is 0 Å². The first-order valence-electron chi connectivity index (χ1n) is 7.97. The molecule has 0 unspecified atom stereocenters. The Bertz CT molecular complexity index is 806. The van der Waals surface area contributed by atoms with Crippen molar-refractivity contribution in [2.24, 2.45) is 0 Å². The van der Waals surface area contributed by atoms with Crippen LogP contribution in [0.4, 0.5) is 0 Å². The van der Waals surface area contributed by atoms with Gasteiger partial charge in [0.2, 0.25) is 6.79 Å². The van der Waals surface area contributed by atoms with Gasteiger partial charge in [-0.3, -0.25) is 4.98 Å². The maximum Gasteiger partial charge on any atom is 0.231 e. The standard InChI is InChI=1S/C20H18N2O2/c1-2-6-16(7-3-1)20(22-13-15-5-4-10-21-12-15)17-8-9-18-19(11-17)24-14-23-18/h1-12,20,22H,13-14H2/t20-/m1/s1. The molecule has 1 aliphatic rings. The molecule has 4 heteroatoms. The summed E-state index contributed by atoms with van der Waals surface area (Å²) in [5, 5.41) is 3.62. The van der Waals surface area contributed by atoms with Crippen LogP contribution in [-0.2, 0) is 6.54 Å². The summed E-state index contributed by atoms with van der Waals surface area (Å²) in [4.78, 5) is 4.18. The molecule has 3 aromatic rings. The highest BCUT2D eigenvalue weighted by Gasteiger charge is 2.19. The lowest BCUT2D eigenvalue weighted by Crippen LogP contribution is -2.22. The minimum atomic E-state index is 0.0703. The van der Waals surface area contributed by atoms with Crippen molar-refractivity contribution < 1.29 is 9.47 Å². The number of hydrogen-bond donors (Lipinski definition) is 1. The maximum absolute atomic E-state index is 5.53. The summed E-state index contributed by atoms with van der Waals surface area (Å²) in [6, 6.07) is 20.6. The van der Waals surface area contributed by atoms with Crippen molar-refractivity contribution >= 4 is 0 Å². The van der Waals surface area contributed by atoms with Crippen LogP contribution in [0.3, 0.4) is 0 Å². The Morgan fingerprint density at radius 2 is 1.79 bits per heavy atom. The van der Waals surface area contributed by atoms with Crippen LogP contribution in [0.15, 0.2) is 73.1 Å². The van der Waals surface area contributed by atoms with E-state index in [4.69, 9.17) is 9.47 Å². The topological polar surface area (TPSA) is 43.4 Å². The average Bonchev–Trinajstić information content (AvgIpc) is 3.12. The molecule has 0 saturated carbocycles. The predicted octanol–water partition coefficient (Wildman–Crippen LogP) is 3.69. The Hall–Kier alpha value is -2.85. The number of ether oxygens (including phenoxy) is 2. The van der Waals surface area contributed by atoms with Gasteiger partial charge in [0, 0.05) is 18.9 Å². The fraction of sp³-hybridized carbons (Fsp3) is 0.150. The van der Waals surface area contributed by atoms with Gasteiger partial charge >= 0.3 is 0 Å². The van der Waals surface area contributed by atoms with Crippen molar-refractivity contribution in [2.45, 2.75) is 12.6 Å². The summed E-state index contributed by atoms with van der Waals surface area (Å²) in [5.41, 5.74) is 3.51. The van der Waals surface area contributed by atoms with Crippen LogP contribution in [0.1, 0.15) is 22.7 Å². The monoisotopic (exact) mass is 318 g/mol. The molecule has 0 radical (unpaired) electrons. The van der Waals surface area contributed by atoms with E-state index in [-0.39, 0.29) is 12.8 Å².